The Balaban J connectivity index is 1.92. The van der Waals surface area contributed by atoms with Crippen molar-refractivity contribution >= 4 is 33.4 Å². The van der Waals surface area contributed by atoms with Gasteiger partial charge in [-0.2, -0.15) is 5.10 Å². The molecule has 2 heterocycles. The second-order valence-corrected chi connectivity index (χ2v) is 8.25. The van der Waals surface area contributed by atoms with Gasteiger partial charge < -0.3 is 10.0 Å². The second kappa shape index (κ2) is 7.26. The standard InChI is InChI=1S/C21H19BrClN3O2/c1-3-8-26-20(12-4-6-13(22)7-5-12)17-18(24-25-19(17)21(26)28)14-10-15(23)11(2)9-16(14)27/h4-7,9-10,20,27H,3,8H2,1-2H3,(H,24,25). The minimum absolute atomic E-state index is 0.0822. The molecule has 0 bridgehead atoms. The summed E-state index contributed by atoms with van der Waals surface area (Å²) in [4.78, 5) is 14.9. The number of aryl methyl sites for hydroxylation is 1. The number of carbonyl (C=O) groups is 1. The minimum Gasteiger partial charge on any atom is -0.507 e. The maximum absolute atomic E-state index is 13.0. The van der Waals surface area contributed by atoms with Crippen molar-refractivity contribution in [3.63, 3.8) is 0 Å². The Morgan fingerprint density at radius 3 is 2.68 bits per heavy atom. The number of halogens is 2. The summed E-state index contributed by atoms with van der Waals surface area (Å²) < 4.78 is 0.971. The van der Waals surface area contributed by atoms with Crippen LogP contribution in [0.3, 0.4) is 0 Å². The number of aromatic amines is 1. The van der Waals surface area contributed by atoms with Crippen LogP contribution in [0.25, 0.3) is 11.3 Å². The lowest BCUT2D eigenvalue weighted by Gasteiger charge is -2.26. The highest BCUT2D eigenvalue weighted by Crippen LogP contribution is 2.45. The van der Waals surface area contributed by atoms with Crippen LogP contribution < -0.4 is 0 Å². The Morgan fingerprint density at radius 1 is 1.29 bits per heavy atom. The molecule has 1 aliphatic rings. The molecule has 144 valence electrons. The molecule has 1 aliphatic heterocycles. The van der Waals surface area contributed by atoms with E-state index in [1.54, 1.807) is 12.1 Å². The molecule has 0 saturated heterocycles. The molecule has 1 unspecified atom stereocenters. The van der Waals surface area contributed by atoms with Crippen LogP contribution in [0.2, 0.25) is 5.02 Å². The zero-order valence-corrected chi connectivity index (χ0v) is 17.8. The number of nitrogens with zero attached hydrogens (tertiary/aromatic N) is 2. The van der Waals surface area contributed by atoms with Crippen LogP contribution >= 0.6 is 27.5 Å². The molecule has 1 amide bonds. The molecule has 0 aliphatic carbocycles. The highest BCUT2D eigenvalue weighted by atomic mass is 79.9. The summed E-state index contributed by atoms with van der Waals surface area (Å²) in [5, 5.41) is 18.3. The average Bonchev–Trinajstić information content (AvgIpc) is 3.20. The molecule has 2 N–H and O–H groups in total. The fourth-order valence-electron chi connectivity index (χ4n) is 3.72. The van der Waals surface area contributed by atoms with Crippen LogP contribution in [0.5, 0.6) is 5.75 Å². The summed E-state index contributed by atoms with van der Waals surface area (Å²) >= 11 is 9.76. The molecule has 2 aromatic carbocycles. The van der Waals surface area contributed by atoms with Crippen molar-refractivity contribution in [3.05, 3.63) is 68.3 Å². The van der Waals surface area contributed by atoms with E-state index in [1.165, 1.54) is 0 Å². The van der Waals surface area contributed by atoms with Crippen LogP contribution in [0.15, 0.2) is 40.9 Å². The lowest BCUT2D eigenvalue weighted by atomic mass is 9.95. The van der Waals surface area contributed by atoms with Crippen molar-refractivity contribution in [1.29, 1.82) is 0 Å². The number of nitrogens with one attached hydrogen (secondary N) is 1. The van der Waals surface area contributed by atoms with Crippen molar-refractivity contribution in [2.45, 2.75) is 26.3 Å². The maximum atomic E-state index is 13.0. The fourth-order valence-corrected chi connectivity index (χ4v) is 4.15. The number of phenols is 1. The summed E-state index contributed by atoms with van der Waals surface area (Å²) in [7, 11) is 0. The number of carbonyl (C=O) groups excluding carboxylic acids is 1. The molecule has 0 radical (unpaired) electrons. The topological polar surface area (TPSA) is 69.2 Å². The van der Waals surface area contributed by atoms with Crippen LogP contribution in [0, 0.1) is 6.92 Å². The van der Waals surface area contributed by atoms with Crippen molar-refractivity contribution in [3.8, 4) is 17.0 Å². The van der Waals surface area contributed by atoms with Gasteiger partial charge in [0, 0.05) is 27.2 Å². The summed E-state index contributed by atoms with van der Waals surface area (Å²) in [6, 6.07) is 11.0. The molecule has 1 aromatic heterocycles. The van der Waals surface area contributed by atoms with Crippen LogP contribution in [0.1, 0.15) is 46.6 Å². The average molecular weight is 461 g/mol. The van der Waals surface area contributed by atoms with E-state index < -0.39 is 0 Å². The number of H-pyrrole nitrogens is 1. The number of hydrogen-bond donors (Lipinski definition) is 2. The molecule has 28 heavy (non-hydrogen) atoms. The van der Waals surface area contributed by atoms with E-state index in [2.05, 4.69) is 26.1 Å². The normalized spacial score (nSPS) is 15.9. The van der Waals surface area contributed by atoms with Crippen LogP contribution in [-0.2, 0) is 0 Å². The largest absolute Gasteiger partial charge is 0.507 e. The van der Waals surface area contributed by atoms with Crippen LogP contribution in [0.4, 0.5) is 0 Å². The van der Waals surface area contributed by atoms with E-state index in [0.29, 0.717) is 28.5 Å². The molecule has 5 nitrogen and oxygen atoms in total. The number of hydrogen-bond acceptors (Lipinski definition) is 3. The van der Waals surface area contributed by atoms with Crippen molar-refractivity contribution in [2.75, 3.05) is 6.54 Å². The second-order valence-electron chi connectivity index (χ2n) is 6.93. The zero-order chi connectivity index (χ0) is 20.0. The molecule has 3 aromatic rings. The molecule has 4 rings (SSSR count). The van der Waals surface area contributed by atoms with Crippen molar-refractivity contribution in [1.82, 2.24) is 15.1 Å². The summed E-state index contributed by atoms with van der Waals surface area (Å²) in [6.07, 6.45) is 0.841. The van der Waals surface area contributed by atoms with E-state index in [1.807, 2.05) is 43.0 Å². The van der Waals surface area contributed by atoms with E-state index in [9.17, 15) is 9.90 Å². The number of aromatic nitrogens is 2. The van der Waals surface area contributed by atoms with Gasteiger partial charge in [0.25, 0.3) is 5.91 Å². The first kappa shape index (κ1) is 19.0. The Kier molecular flexibility index (Phi) is 4.93. The third kappa shape index (κ3) is 3.01. The highest BCUT2D eigenvalue weighted by Gasteiger charge is 2.42. The van der Waals surface area contributed by atoms with Gasteiger partial charge in [0.1, 0.15) is 17.1 Å². The van der Waals surface area contributed by atoms with E-state index in [-0.39, 0.29) is 17.7 Å². The number of rotatable bonds is 4. The minimum atomic E-state index is -0.274. The third-order valence-corrected chi connectivity index (χ3v) is 5.98. The van der Waals surface area contributed by atoms with Crippen LogP contribution in [-0.4, -0.2) is 32.7 Å². The van der Waals surface area contributed by atoms with Crippen molar-refractivity contribution in [2.24, 2.45) is 0 Å². The Hall–Kier alpha value is -2.31. The Bertz CT molecular complexity index is 1060. The lowest BCUT2D eigenvalue weighted by Crippen LogP contribution is -2.30. The van der Waals surface area contributed by atoms with Gasteiger partial charge >= 0.3 is 0 Å². The van der Waals surface area contributed by atoms with E-state index >= 15 is 0 Å². The molecule has 0 saturated carbocycles. The predicted molar refractivity (Wildman–Crippen MR) is 113 cm³/mol. The quantitative estimate of drug-likeness (QED) is 0.543. The lowest BCUT2D eigenvalue weighted by molar-refractivity contribution is 0.0744. The third-order valence-electron chi connectivity index (χ3n) is 5.05. The fraction of sp³-hybridized carbons (Fsp3) is 0.238. The van der Waals surface area contributed by atoms with Gasteiger partial charge in [-0.1, -0.05) is 46.6 Å². The smallest absolute Gasteiger partial charge is 0.273 e. The first-order valence-electron chi connectivity index (χ1n) is 9.06. The summed E-state index contributed by atoms with van der Waals surface area (Å²) in [6.45, 7) is 4.50. The van der Waals surface area contributed by atoms with Gasteiger partial charge in [-0.3, -0.25) is 9.89 Å². The molecule has 7 heteroatoms. The Labute approximate surface area is 176 Å². The number of fused-ring (bicyclic) bond motifs is 1. The monoisotopic (exact) mass is 459 g/mol. The van der Waals surface area contributed by atoms with E-state index in [0.717, 1.165) is 27.6 Å². The maximum Gasteiger partial charge on any atom is 0.273 e. The van der Waals surface area contributed by atoms with Gasteiger partial charge in [0.05, 0.1) is 6.04 Å². The number of phenolic OH excluding ortho intramolecular Hbond substituents is 1. The van der Waals surface area contributed by atoms with E-state index in [4.69, 9.17) is 11.6 Å². The Morgan fingerprint density at radius 2 is 2.00 bits per heavy atom. The number of amides is 1. The molecular weight excluding hydrogens is 442 g/mol. The molecule has 1 atom stereocenters. The molecular formula is C21H19BrClN3O2. The number of aromatic hydroxyl groups is 1. The van der Waals surface area contributed by atoms with Crippen molar-refractivity contribution < 1.29 is 9.90 Å². The molecule has 0 spiro atoms. The summed E-state index contributed by atoms with van der Waals surface area (Å²) in [5.74, 6) is 0.00774. The predicted octanol–water partition coefficient (Wildman–Crippen LogP) is 5.46. The number of benzene rings is 2. The van der Waals surface area contributed by atoms with Gasteiger partial charge in [0.15, 0.2) is 0 Å². The SMILES string of the molecule is CCCN1C(=O)c2[nH]nc(-c3cc(Cl)c(C)cc3O)c2C1c1ccc(Br)cc1. The summed E-state index contributed by atoms with van der Waals surface area (Å²) in [5.41, 5.74) is 4.08. The highest BCUT2D eigenvalue weighted by molar-refractivity contribution is 9.10. The van der Waals surface area contributed by atoms with Gasteiger partial charge in [-0.05, 0) is 48.7 Å². The van der Waals surface area contributed by atoms with Gasteiger partial charge in [0.2, 0.25) is 0 Å². The first-order valence-corrected chi connectivity index (χ1v) is 10.2. The molecule has 0 fully saturated rings. The van der Waals surface area contributed by atoms with Gasteiger partial charge in [-0.15, -0.1) is 0 Å². The first-order chi connectivity index (χ1) is 13.4. The zero-order valence-electron chi connectivity index (χ0n) is 15.5. The van der Waals surface area contributed by atoms with Gasteiger partial charge in [-0.25, -0.2) is 0 Å².